The Morgan fingerprint density at radius 2 is 1.93 bits per heavy atom. The van der Waals surface area contributed by atoms with Crippen LogP contribution in [0.5, 0.6) is 0 Å². The van der Waals surface area contributed by atoms with Gasteiger partial charge in [0.1, 0.15) is 6.04 Å². The highest BCUT2D eigenvalue weighted by molar-refractivity contribution is 5.98. The number of aromatic amines is 1. The van der Waals surface area contributed by atoms with Crippen LogP contribution in [0.15, 0.2) is 41.5 Å². The topological polar surface area (TPSA) is 86.4 Å². The summed E-state index contributed by atoms with van der Waals surface area (Å²) >= 11 is 0. The molecule has 1 saturated heterocycles. The first-order chi connectivity index (χ1) is 13.0. The molecule has 1 aromatic carbocycles. The second-order valence-corrected chi connectivity index (χ2v) is 6.80. The Kier molecular flexibility index (Phi) is 5.69. The van der Waals surface area contributed by atoms with Gasteiger partial charge in [-0.1, -0.05) is 31.9 Å². The van der Waals surface area contributed by atoms with Crippen LogP contribution >= 0.6 is 0 Å². The Morgan fingerprint density at radius 3 is 2.56 bits per heavy atom. The highest BCUT2D eigenvalue weighted by Crippen LogP contribution is 2.21. The third-order valence-corrected chi connectivity index (χ3v) is 4.94. The molecule has 142 valence electrons. The molecule has 0 radical (unpaired) electrons. The number of likely N-dealkylation sites (N-methyl/N-ethyl adjacent to an activating group) is 1. The van der Waals surface area contributed by atoms with Gasteiger partial charge in [-0.15, -0.1) is 0 Å². The summed E-state index contributed by atoms with van der Waals surface area (Å²) in [5, 5.41) is 0. The number of nitrogens with zero attached hydrogens (tertiary/aromatic N) is 3. The van der Waals surface area contributed by atoms with Crippen LogP contribution in [-0.2, 0) is 4.79 Å². The number of nitrogens with one attached hydrogen (secondary N) is 1. The van der Waals surface area contributed by atoms with E-state index in [2.05, 4.69) is 16.9 Å². The fourth-order valence-electron chi connectivity index (χ4n) is 3.30. The minimum atomic E-state index is -0.400. The van der Waals surface area contributed by atoms with Crippen molar-refractivity contribution >= 4 is 11.8 Å². The SMILES string of the molecule is CCCC[C@H]1C(=O)N(C)CCN1C(=O)c1ccc(-c2cnc(=O)[nH]c2)cc1. The molecule has 0 bridgehead atoms. The predicted molar refractivity (Wildman–Crippen MR) is 102 cm³/mol. The van der Waals surface area contributed by atoms with Crippen LogP contribution in [0.4, 0.5) is 0 Å². The molecular formula is C20H24N4O3. The van der Waals surface area contributed by atoms with Crippen LogP contribution in [0.2, 0.25) is 0 Å². The van der Waals surface area contributed by atoms with E-state index in [1.165, 1.54) is 6.20 Å². The highest BCUT2D eigenvalue weighted by atomic mass is 16.2. The standard InChI is InChI=1S/C20H24N4O3/c1-3-4-5-17-19(26)23(2)10-11-24(17)18(25)15-8-6-14(7-9-15)16-12-21-20(27)22-13-16/h6-9,12-13,17H,3-5,10-11H2,1-2H3,(H,21,22,27)/t17-/m0/s1. The molecule has 7 nitrogen and oxygen atoms in total. The van der Waals surface area contributed by atoms with Crippen molar-refractivity contribution in [1.29, 1.82) is 0 Å². The number of unbranched alkanes of at least 4 members (excludes halogenated alkanes) is 1. The lowest BCUT2D eigenvalue weighted by molar-refractivity contribution is -0.138. The molecule has 0 aliphatic carbocycles. The normalized spacial score (nSPS) is 17.3. The second-order valence-electron chi connectivity index (χ2n) is 6.80. The van der Waals surface area contributed by atoms with Crippen LogP contribution in [-0.4, -0.2) is 57.8 Å². The second kappa shape index (κ2) is 8.16. The lowest BCUT2D eigenvalue weighted by Gasteiger charge is -2.39. The lowest BCUT2D eigenvalue weighted by atomic mass is 10.0. The van der Waals surface area contributed by atoms with Gasteiger partial charge in [0.2, 0.25) is 5.91 Å². The van der Waals surface area contributed by atoms with E-state index in [1.54, 1.807) is 35.2 Å². The van der Waals surface area contributed by atoms with Crippen LogP contribution in [0.1, 0.15) is 36.5 Å². The molecule has 2 amide bonds. The smallest absolute Gasteiger partial charge is 0.342 e. The molecule has 1 fully saturated rings. The van der Waals surface area contributed by atoms with Crippen molar-refractivity contribution in [2.75, 3.05) is 20.1 Å². The number of hydrogen-bond donors (Lipinski definition) is 1. The van der Waals surface area contributed by atoms with E-state index >= 15 is 0 Å². The average Bonchev–Trinajstić information content (AvgIpc) is 2.69. The minimum absolute atomic E-state index is 0.0129. The quantitative estimate of drug-likeness (QED) is 0.873. The van der Waals surface area contributed by atoms with Crippen molar-refractivity contribution in [2.45, 2.75) is 32.2 Å². The summed E-state index contributed by atoms with van der Waals surface area (Å²) in [6.07, 6.45) is 5.66. The number of rotatable bonds is 5. The number of H-pyrrole nitrogens is 1. The fraction of sp³-hybridized carbons (Fsp3) is 0.400. The highest BCUT2D eigenvalue weighted by Gasteiger charge is 2.35. The summed E-state index contributed by atoms with van der Waals surface area (Å²) in [6, 6.07) is 6.76. The summed E-state index contributed by atoms with van der Waals surface area (Å²) < 4.78 is 0. The first kappa shape index (κ1) is 18.8. The lowest BCUT2D eigenvalue weighted by Crippen LogP contribution is -2.57. The Morgan fingerprint density at radius 1 is 1.19 bits per heavy atom. The van der Waals surface area contributed by atoms with Crippen molar-refractivity contribution in [2.24, 2.45) is 0 Å². The van der Waals surface area contributed by atoms with Crippen LogP contribution in [0, 0.1) is 0 Å². The molecular weight excluding hydrogens is 344 g/mol. The molecule has 1 aliphatic rings. The zero-order valence-electron chi connectivity index (χ0n) is 15.6. The summed E-state index contributed by atoms with van der Waals surface area (Å²) in [7, 11) is 1.79. The molecule has 0 unspecified atom stereocenters. The molecule has 1 aliphatic heterocycles. The van der Waals surface area contributed by atoms with Gasteiger partial charge in [-0.25, -0.2) is 9.78 Å². The van der Waals surface area contributed by atoms with Crippen molar-refractivity contribution < 1.29 is 9.59 Å². The van der Waals surface area contributed by atoms with E-state index in [9.17, 15) is 14.4 Å². The van der Waals surface area contributed by atoms with E-state index in [1.807, 2.05) is 12.1 Å². The number of benzene rings is 1. The van der Waals surface area contributed by atoms with E-state index in [0.29, 0.717) is 25.1 Å². The molecule has 1 N–H and O–H groups in total. The molecule has 27 heavy (non-hydrogen) atoms. The number of carbonyl (C=O) groups excluding carboxylic acids is 2. The predicted octanol–water partition coefficient (Wildman–Crippen LogP) is 1.91. The molecule has 2 aromatic rings. The van der Waals surface area contributed by atoms with Crippen LogP contribution in [0.3, 0.4) is 0 Å². The largest absolute Gasteiger partial charge is 0.344 e. The van der Waals surface area contributed by atoms with Gasteiger partial charge in [-0.05, 0) is 24.1 Å². The van der Waals surface area contributed by atoms with Crippen molar-refractivity contribution in [3.05, 3.63) is 52.7 Å². The molecule has 1 aromatic heterocycles. The maximum absolute atomic E-state index is 13.0. The fourth-order valence-corrected chi connectivity index (χ4v) is 3.30. The van der Waals surface area contributed by atoms with Gasteiger partial charge in [0, 0.05) is 43.7 Å². The third-order valence-electron chi connectivity index (χ3n) is 4.94. The van der Waals surface area contributed by atoms with E-state index in [4.69, 9.17) is 0 Å². The summed E-state index contributed by atoms with van der Waals surface area (Å²) in [5.74, 6) is -0.109. The maximum Gasteiger partial charge on any atom is 0.344 e. The van der Waals surface area contributed by atoms with Crippen LogP contribution in [0.25, 0.3) is 11.1 Å². The molecule has 2 heterocycles. The Hall–Kier alpha value is -2.96. The number of amides is 2. The van der Waals surface area contributed by atoms with E-state index < -0.39 is 5.69 Å². The summed E-state index contributed by atoms with van der Waals surface area (Å²) in [5.41, 5.74) is 1.77. The minimum Gasteiger partial charge on any atom is -0.342 e. The number of aromatic nitrogens is 2. The maximum atomic E-state index is 13.0. The molecule has 0 spiro atoms. The monoisotopic (exact) mass is 368 g/mol. The van der Waals surface area contributed by atoms with E-state index in [0.717, 1.165) is 24.0 Å². The Bertz CT molecular complexity index is 855. The first-order valence-corrected chi connectivity index (χ1v) is 9.22. The van der Waals surface area contributed by atoms with Crippen molar-refractivity contribution in [3.63, 3.8) is 0 Å². The van der Waals surface area contributed by atoms with E-state index in [-0.39, 0.29) is 17.9 Å². The van der Waals surface area contributed by atoms with Crippen molar-refractivity contribution in [3.8, 4) is 11.1 Å². The zero-order valence-corrected chi connectivity index (χ0v) is 15.6. The van der Waals surface area contributed by atoms with Crippen molar-refractivity contribution in [1.82, 2.24) is 19.8 Å². The van der Waals surface area contributed by atoms with Gasteiger partial charge in [-0.3, -0.25) is 9.59 Å². The van der Waals surface area contributed by atoms with Crippen LogP contribution < -0.4 is 5.69 Å². The molecule has 1 atom stereocenters. The molecule has 7 heteroatoms. The third kappa shape index (κ3) is 4.07. The van der Waals surface area contributed by atoms with Gasteiger partial charge in [0.25, 0.3) is 5.91 Å². The number of carbonyl (C=O) groups is 2. The number of hydrogen-bond acceptors (Lipinski definition) is 4. The summed E-state index contributed by atoms with van der Waals surface area (Å²) in [4.78, 5) is 46.3. The Labute approximate surface area is 158 Å². The van der Waals surface area contributed by atoms with Gasteiger partial charge >= 0.3 is 5.69 Å². The molecule has 3 rings (SSSR count). The molecule has 0 saturated carbocycles. The zero-order chi connectivity index (χ0) is 19.4. The average molecular weight is 368 g/mol. The van der Waals surface area contributed by atoms with Gasteiger partial charge in [0.05, 0.1) is 0 Å². The van der Waals surface area contributed by atoms with Gasteiger partial charge < -0.3 is 14.8 Å². The Balaban J connectivity index is 1.80. The van der Waals surface area contributed by atoms with Gasteiger partial charge in [0.15, 0.2) is 0 Å². The first-order valence-electron chi connectivity index (χ1n) is 9.22. The van der Waals surface area contributed by atoms with Gasteiger partial charge in [-0.2, -0.15) is 0 Å². The number of piperazine rings is 1. The summed E-state index contributed by atoms with van der Waals surface area (Å²) in [6.45, 7) is 3.17.